The van der Waals surface area contributed by atoms with Gasteiger partial charge in [0.05, 0.1) is 11.5 Å². The van der Waals surface area contributed by atoms with Gasteiger partial charge in [0.25, 0.3) is 0 Å². The van der Waals surface area contributed by atoms with Crippen LogP contribution in [0.25, 0.3) is 0 Å². The molecule has 0 amide bonds. The Balaban J connectivity index is 2.33. The number of nitro benzene ring substituents is 1. The maximum absolute atomic E-state index is 11.5. The Labute approximate surface area is 125 Å². The lowest BCUT2D eigenvalue weighted by atomic mass is 10.2. The molecular weight excluding hydrogens is 270 g/mol. The van der Waals surface area contributed by atoms with Crippen molar-refractivity contribution in [1.29, 1.82) is 0 Å². The molecule has 0 unspecified atom stereocenters. The second-order valence-electron chi connectivity index (χ2n) is 5.27. The maximum Gasteiger partial charge on any atom is 0.315 e. The predicted molar refractivity (Wildman–Crippen MR) is 84.1 cm³/mol. The number of para-hydroxylation sites is 1. The van der Waals surface area contributed by atoms with Crippen molar-refractivity contribution in [3.05, 3.63) is 28.3 Å². The number of nitrogens with one attached hydrogen (secondary N) is 1. The number of methoxy groups -OCH3 is 1. The molecule has 1 aliphatic rings. The first-order valence-electron chi connectivity index (χ1n) is 7.45. The third-order valence-corrected chi connectivity index (χ3v) is 3.60. The Bertz CT molecular complexity index is 489. The lowest BCUT2D eigenvalue weighted by molar-refractivity contribution is -0.383. The molecule has 1 aliphatic carbocycles. The number of ether oxygens (including phenoxy) is 1. The summed E-state index contributed by atoms with van der Waals surface area (Å²) < 4.78 is 5.14. The van der Waals surface area contributed by atoms with Crippen LogP contribution in [0, 0.1) is 10.1 Å². The summed E-state index contributed by atoms with van der Waals surface area (Å²) in [6.07, 6.45) is 3.11. The van der Waals surface area contributed by atoms with E-state index in [-0.39, 0.29) is 10.6 Å². The van der Waals surface area contributed by atoms with Gasteiger partial charge in [-0.2, -0.15) is 0 Å². The van der Waals surface area contributed by atoms with Gasteiger partial charge in [0.1, 0.15) is 11.4 Å². The molecule has 1 aromatic rings. The smallest absolute Gasteiger partial charge is 0.315 e. The number of nitro groups is 1. The lowest BCUT2D eigenvalue weighted by Gasteiger charge is -2.24. The molecule has 2 rings (SSSR count). The van der Waals surface area contributed by atoms with Gasteiger partial charge in [0.2, 0.25) is 0 Å². The van der Waals surface area contributed by atoms with Crippen LogP contribution in [0.5, 0.6) is 0 Å². The minimum atomic E-state index is -0.282. The van der Waals surface area contributed by atoms with Crippen molar-refractivity contribution in [3.8, 4) is 0 Å². The summed E-state index contributed by atoms with van der Waals surface area (Å²) >= 11 is 0. The van der Waals surface area contributed by atoms with Gasteiger partial charge >= 0.3 is 5.69 Å². The maximum atomic E-state index is 11.5. The fraction of sp³-hybridized carbons (Fsp3) is 0.600. The molecule has 1 N–H and O–H groups in total. The van der Waals surface area contributed by atoms with Gasteiger partial charge in [-0.3, -0.25) is 10.1 Å². The highest BCUT2D eigenvalue weighted by molar-refractivity contribution is 5.77. The Hall–Kier alpha value is -1.82. The molecule has 0 heterocycles. The third kappa shape index (κ3) is 3.85. The van der Waals surface area contributed by atoms with Crippen LogP contribution in [0.2, 0.25) is 0 Å². The van der Waals surface area contributed by atoms with Gasteiger partial charge in [-0.1, -0.05) is 13.0 Å². The molecule has 1 saturated carbocycles. The second-order valence-corrected chi connectivity index (χ2v) is 5.27. The van der Waals surface area contributed by atoms with Crippen LogP contribution in [0.15, 0.2) is 18.2 Å². The van der Waals surface area contributed by atoms with E-state index >= 15 is 0 Å². The first kappa shape index (κ1) is 15.6. The molecule has 0 bridgehead atoms. The van der Waals surface area contributed by atoms with Crippen LogP contribution in [0.4, 0.5) is 17.1 Å². The quantitative estimate of drug-likeness (QED) is 0.560. The van der Waals surface area contributed by atoms with Crippen LogP contribution < -0.4 is 10.2 Å². The highest BCUT2D eigenvalue weighted by Crippen LogP contribution is 2.40. The molecule has 21 heavy (non-hydrogen) atoms. The molecule has 0 radical (unpaired) electrons. The summed E-state index contributed by atoms with van der Waals surface area (Å²) in [5, 5.41) is 14.7. The Morgan fingerprint density at radius 2 is 2.24 bits per heavy atom. The van der Waals surface area contributed by atoms with Crippen molar-refractivity contribution in [1.82, 2.24) is 0 Å². The van der Waals surface area contributed by atoms with E-state index in [1.165, 1.54) is 0 Å². The van der Waals surface area contributed by atoms with Crippen molar-refractivity contribution in [2.75, 3.05) is 37.0 Å². The number of nitrogens with zero attached hydrogens (tertiary/aromatic N) is 2. The fourth-order valence-electron chi connectivity index (χ4n) is 2.43. The summed E-state index contributed by atoms with van der Waals surface area (Å²) in [7, 11) is 1.65. The van der Waals surface area contributed by atoms with E-state index < -0.39 is 0 Å². The minimum Gasteiger partial charge on any atom is -0.383 e. The van der Waals surface area contributed by atoms with Crippen molar-refractivity contribution >= 4 is 17.1 Å². The van der Waals surface area contributed by atoms with E-state index in [4.69, 9.17) is 4.74 Å². The van der Waals surface area contributed by atoms with Crippen LogP contribution in [-0.2, 0) is 4.74 Å². The van der Waals surface area contributed by atoms with Gasteiger partial charge < -0.3 is 15.0 Å². The zero-order valence-electron chi connectivity index (χ0n) is 12.7. The Morgan fingerprint density at radius 1 is 1.48 bits per heavy atom. The second kappa shape index (κ2) is 7.26. The zero-order valence-corrected chi connectivity index (χ0v) is 12.7. The highest BCUT2D eigenvalue weighted by atomic mass is 16.6. The Kier molecular flexibility index (Phi) is 5.38. The number of hydrogen-bond donors (Lipinski definition) is 1. The lowest BCUT2D eigenvalue weighted by Crippen LogP contribution is -2.30. The van der Waals surface area contributed by atoms with Crippen molar-refractivity contribution in [2.45, 2.75) is 32.2 Å². The molecule has 6 heteroatoms. The summed E-state index contributed by atoms with van der Waals surface area (Å²) in [5.74, 6) is 0. The monoisotopic (exact) mass is 293 g/mol. The summed E-state index contributed by atoms with van der Waals surface area (Å²) in [6.45, 7) is 4.02. The topological polar surface area (TPSA) is 67.6 Å². The summed E-state index contributed by atoms with van der Waals surface area (Å²) in [6, 6.07) is 5.89. The van der Waals surface area contributed by atoms with E-state index in [2.05, 4.69) is 10.2 Å². The SMILES string of the molecule is CCCNc1cccc(N(CCOC)C2CC2)c1[N+](=O)[O-]. The first-order valence-corrected chi connectivity index (χ1v) is 7.45. The van der Waals surface area contributed by atoms with E-state index in [0.717, 1.165) is 25.8 Å². The normalized spacial score (nSPS) is 14.0. The van der Waals surface area contributed by atoms with E-state index in [1.807, 2.05) is 19.1 Å². The number of hydrogen-bond acceptors (Lipinski definition) is 5. The molecule has 0 aliphatic heterocycles. The average molecular weight is 293 g/mol. The van der Waals surface area contributed by atoms with Crippen LogP contribution in [-0.4, -0.2) is 37.8 Å². The number of benzene rings is 1. The molecule has 1 aromatic carbocycles. The van der Waals surface area contributed by atoms with Gasteiger partial charge in [-0.05, 0) is 31.4 Å². The molecular formula is C15H23N3O3. The molecule has 0 spiro atoms. The molecule has 6 nitrogen and oxygen atoms in total. The first-order chi connectivity index (χ1) is 10.2. The number of rotatable bonds is 9. The third-order valence-electron chi connectivity index (χ3n) is 3.60. The Morgan fingerprint density at radius 3 is 2.81 bits per heavy atom. The highest BCUT2D eigenvalue weighted by Gasteiger charge is 2.33. The number of anilines is 2. The predicted octanol–water partition coefficient (Wildman–Crippen LogP) is 3.03. The van der Waals surface area contributed by atoms with Crippen molar-refractivity contribution in [3.63, 3.8) is 0 Å². The summed E-state index contributed by atoms with van der Waals surface area (Å²) in [4.78, 5) is 13.4. The van der Waals surface area contributed by atoms with Crippen LogP contribution in [0.1, 0.15) is 26.2 Å². The van der Waals surface area contributed by atoms with Gasteiger partial charge in [-0.15, -0.1) is 0 Å². The standard InChI is InChI=1S/C15H23N3O3/c1-3-9-16-13-5-4-6-14(15(13)18(19)20)17(10-11-21-2)12-7-8-12/h4-6,12,16H,3,7-11H2,1-2H3. The van der Waals surface area contributed by atoms with E-state index in [9.17, 15) is 10.1 Å². The van der Waals surface area contributed by atoms with E-state index in [0.29, 0.717) is 30.6 Å². The fourth-order valence-corrected chi connectivity index (χ4v) is 2.43. The van der Waals surface area contributed by atoms with Crippen LogP contribution in [0.3, 0.4) is 0 Å². The van der Waals surface area contributed by atoms with Gasteiger partial charge in [-0.25, -0.2) is 0 Å². The van der Waals surface area contributed by atoms with Crippen LogP contribution >= 0.6 is 0 Å². The molecule has 0 aromatic heterocycles. The minimum absolute atomic E-state index is 0.175. The summed E-state index contributed by atoms with van der Waals surface area (Å²) in [5.41, 5.74) is 1.47. The van der Waals surface area contributed by atoms with Gasteiger partial charge in [0, 0.05) is 26.2 Å². The average Bonchev–Trinajstić information content (AvgIpc) is 3.30. The molecule has 1 fully saturated rings. The largest absolute Gasteiger partial charge is 0.383 e. The van der Waals surface area contributed by atoms with E-state index in [1.54, 1.807) is 13.2 Å². The van der Waals surface area contributed by atoms with Crippen molar-refractivity contribution in [2.24, 2.45) is 0 Å². The van der Waals surface area contributed by atoms with Gasteiger partial charge in [0.15, 0.2) is 0 Å². The molecule has 0 saturated heterocycles. The molecule has 116 valence electrons. The molecule has 0 atom stereocenters. The zero-order chi connectivity index (χ0) is 15.2. The van der Waals surface area contributed by atoms with Crippen molar-refractivity contribution < 1.29 is 9.66 Å².